The highest BCUT2D eigenvalue weighted by Crippen LogP contribution is 2.46. The van der Waals surface area contributed by atoms with Gasteiger partial charge in [-0.3, -0.25) is 19.3 Å². The number of likely N-dealkylation sites (tertiary alicyclic amines) is 1. The lowest BCUT2D eigenvalue weighted by Gasteiger charge is -2.24. The van der Waals surface area contributed by atoms with Gasteiger partial charge < -0.3 is 11.1 Å². The molecule has 6 nitrogen and oxygen atoms in total. The molecule has 150 valence electrons. The largest absolute Gasteiger partial charge is 0.366 e. The molecule has 2 heterocycles. The second-order valence-corrected chi connectivity index (χ2v) is 8.20. The van der Waals surface area contributed by atoms with Gasteiger partial charge in [-0.15, -0.1) is 0 Å². The first-order chi connectivity index (χ1) is 13.9. The number of fused-ring (bicyclic) bond motifs is 1. The molecule has 0 bridgehead atoms. The Balaban J connectivity index is 1.66. The second-order valence-electron chi connectivity index (χ2n) is 8.20. The number of amides is 3. The molecular formula is C23H25N3O3. The Morgan fingerprint density at radius 2 is 1.62 bits per heavy atom. The van der Waals surface area contributed by atoms with Crippen molar-refractivity contribution < 1.29 is 14.4 Å². The molecule has 0 aliphatic carbocycles. The van der Waals surface area contributed by atoms with Gasteiger partial charge in [0.05, 0.1) is 18.4 Å². The zero-order valence-electron chi connectivity index (χ0n) is 16.5. The summed E-state index contributed by atoms with van der Waals surface area (Å²) in [6, 6.07) is 16.2. The number of imide groups is 1. The molecule has 2 fully saturated rings. The Bertz CT molecular complexity index is 940. The van der Waals surface area contributed by atoms with E-state index in [0.29, 0.717) is 12.1 Å². The van der Waals surface area contributed by atoms with E-state index in [1.165, 1.54) is 4.90 Å². The Hall–Kier alpha value is -2.99. The van der Waals surface area contributed by atoms with Crippen LogP contribution in [0.25, 0.3) is 0 Å². The Morgan fingerprint density at radius 1 is 1.00 bits per heavy atom. The molecular weight excluding hydrogens is 366 g/mol. The minimum Gasteiger partial charge on any atom is -0.366 e. The molecule has 0 spiro atoms. The first kappa shape index (κ1) is 19.3. The normalized spacial score (nSPS) is 26.2. The van der Waals surface area contributed by atoms with E-state index in [-0.39, 0.29) is 35.7 Å². The fourth-order valence-electron chi connectivity index (χ4n) is 4.60. The molecule has 2 aromatic carbocycles. The predicted molar refractivity (Wildman–Crippen MR) is 108 cm³/mol. The van der Waals surface area contributed by atoms with Crippen LogP contribution in [-0.4, -0.2) is 28.7 Å². The molecule has 4 unspecified atom stereocenters. The van der Waals surface area contributed by atoms with Crippen molar-refractivity contribution in [2.45, 2.75) is 32.5 Å². The van der Waals surface area contributed by atoms with Crippen molar-refractivity contribution >= 4 is 17.7 Å². The van der Waals surface area contributed by atoms with Gasteiger partial charge in [0.2, 0.25) is 17.7 Å². The quantitative estimate of drug-likeness (QED) is 0.765. The summed E-state index contributed by atoms with van der Waals surface area (Å²) in [6.45, 7) is 4.42. The third kappa shape index (κ3) is 3.34. The van der Waals surface area contributed by atoms with Gasteiger partial charge in [-0.25, -0.2) is 0 Å². The molecule has 4 rings (SSSR count). The van der Waals surface area contributed by atoms with Gasteiger partial charge in [-0.1, -0.05) is 56.3 Å². The van der Waals surface area contributed by atoms with Gasteiger partial charge in [0.15, 0.2) is 0 Å². The first-order valence-corrected chi connectivity index (χ1v) is 9.93. The Labute approximate surface area is 170 Å². The molecule has 0 saturated carbocycles. The minimum atomic E-state index is -0.491. The van der Waals surface area contributed by atoms with E-state index >= 15 is 0 Å². The number of primary amides is 1. The zero-order valence-corrected chi connectivity index (χ0v) is 16.5. The van der Waals surface area contributed by atoms with Gasteiger partial charge in [-0.05, 0) is 29.2 Å². The van der Waals surface area contributed by atoms with E-state index in [1.54, 1.807) is 12.1 Å². The monoisotopic (exact) mass is 391 g/mol. The highest BCUT2D eigenvalue weighted by Gasteiger charge is 2.59. The molecule has 2 saturated heterocycles. The fraction of sp³-hybridized carbons (Fsp3) is 0.348. The molecule has 4 atom stereocenters. The van der Waals surface area contributed by atoms with Crippen LogP contribution in [0.1, 0.15) is 41.4 Å². The maximum absolute atomic E-state index is 13.3. The molecule has 2 aromatic rings. The summed E-state index contributed by atoms with van der Waals surface area (Å²) in [7, 11) is 0. The smallest absolute Gasteiger partial charge is 0.248 e. The fourth-order valence-corrected chi connectivity index (χ4v) is 4.60. The lowest BCUT2D eigenvalue weighted by molar-refractivity contribution is -0.141. The summed E-state index contributed by atoms with van der Waals surface area (Å²) in [5, 5.41) is 3.52. The first-order valence-electron chi connectivity index (χ1n) is 9.93. The maximum Gasteiger partial charge on any atom is 0.248 e. The van der Waals surface area contributed by atoms with Crippen LogP contribution in [-0.2, 0) is 16.1 Å². The SMILES string of the molecule is CC(C)C1NC(c2ccc(C(N)=O)cc2)C2C(=O)N(Cc3ccccc3)C(=O)C12. The van der Waals surface area contributed by atoms with Crippen molar-refractivity contribution in [1.29, 1.82) is 0 Å². The third-order valence-corrected chi connectivity index (χ3v) is 6.06. The number of carbonyl (C=O) groups excluding carboxylic acids is 3. The summed E-state index contributed by atoms with van der Waals surface area (Å²) in [6.07, 6.45) is 0. The highest BCUT2D eigenvalue weighted by atomic mass is 16.2. The van der Waals surface area contributed by atoms with Crippen molar-refractivity contribution in [3.63, 3.8) is 0 Å². The highest BCUT2D eigenvalue weighted by molar-refractivity contribution is 6.06. The van der Waals surface area contributed by atoms with Gasteiger partial charge in [0, 0.05) is 17.6 Å². The van der Waals surface area contributed by atoms with E-state index < -0.39 is 11.8 Å². The lowest BCUT2D eigenvalue weighted by atomic mass is 9.83. The Morgan fingerprint density at radius 3 is 2.21 bits per heavy atom. The number of carbonyl (C=O) groups is 3. The minimum absolute atomic E-state index is 0.0851. The van der Waals surface area contributed by atoms with Gasteiger partial charge >= 0.3 is 0 Å². The molecule has 0 aromatic heterocycles. The predicted octanol–water partition coefficient (Wildman–Crippen LogP) is 2.26. The molecule has 29 heavy (non-hydrogen) atoms. The van der Waals surface area contributed by atoms with Gasteiger partial charge in [-0.2, -0.15) is 0 Å². The van der Waals surface area contributed by atoms with Crippen molar-refractivity contribution in [3.05, 3.63) is 71.3 Å². The maximum atomic E-state index is 13.3. The summed E-state index contributed by atoms with van der Waals surface area (Å²) in [5.41, 5.74) is 7.58. The van der Waals surface area contributed by atoms with E-state index in [2.05, 4.69) is 19.2 Å². The van der Waals surface area contributed by atoms with E-state index in [1.807, 2.05) is 42.5 Å². The van der Waals surface area contributed by atoms with E-state index in [4.69, 9.17) is 5.73 Å². The van der Waals surface area contributed by atoms with E-state index in [9.17, 15) is 14.4 Å². The number of nitrogens with zero attached hydrogens (tertiary/aromatic N) is 1. The molecule has 6 heteroatoms. The van der Waals surface area contributed by atoms with Crippen LogP contribution in [0.15, 0.2) is 54.6 Å². The van der Waals surface area contributed by atoms with Crippen LogP contribution < -0.4 is 11.1 Å². The van der Waals surface area contributed by atoms with E-state index in [0.717, 1.165) is 11.1 Å². The molecule has 0 radical (unpaired) electrons. The third-order valence-electron chi connectivity index (χ3n) is 6.06. The molecule has 3 N–H and O–H groups in total. The van der Waals surface area contributed by atoms with Crippen LogP contribution in [0.5, 0.6) is 0 Å². The number of nitrogens with one attached hydrogen (secondary N) is 1. The summed E-state index contributed by atoms with van der Waals surface area (Å²) in [4.78, 5) is 39.3. The van der Waals surface area contributed by atoms with Crippen LogP contribution in [0, 0.1) is 17.8 Å². The van der Waals surface area contributed by atoms with Crippen molar-refractivity contribution in [2.24, 2.45) is 23.5 Å². The standard InChI is InChI=1S/C23H25N3O3/c1-13(2)19-17-18(20(25-19)15-8-10-16(11-9-15)21(24)27)23(29)26(22(17)28)12-14-6-4-3-5-7-14/h3-11,13,17-20,25H,12H2,1-2H3,(H2,24,27). The average molecular weight is 391 g/mol. The number of rotatable bonds is 5. The average Bonchev–Trinajstić information content (AvgIpc) is 3.22. The molecule has 3 amide bonds. The number of hydrogen-bond donors (Lipinski definition) is 2. The van der Waals surface area contributed by atoms with Gasteiger partial charge in [0.25, 0.3) is 0 Å². The summed E-state index contributed by atoms with van der Waals surface area (Å²) < 4.78 is 0. The Kier molecular flexibility index (Phi) is 4.96. The number of benzene rings is 2. The van der Waals surface area contributed by atoms with Crippen LogP contribution >= 0.6 is 0 Å². The van der Waals surface area contributed by atoms with Crippen molar-refractivity contribution in [3.8, 4) is 0 Å². The zero-order chi connectivity index (χ0) is 20.7. The van der Waals surface area contributed by atoms with Gasteiger partial charge in [0.1, 0.15) is 0 Å². The summed E-state index contributed by atoms with van der Waals surface area (Å²) >= 11 is 0. The lowest BCUT2D eigenvalue weighted by Crippen LogP contribution is -2.41. The molecule has 2 aliphatic rings. The van der Waals surface area contributed by atoms with Crippen LogP contribution in [0.4, 0.5) is 0 Å². The number of hydrogen-bond acceptors (Lipinski definition) is 4. The van der Waals surface area contributed by atoms with Crippen LogP contribution in [0.3, 0.4) is 0 Å². The summed E-state index contributed by atoms with van der Waals surface area (Å²) in [5.74, 6) is -1.36. The van der Waals surface area contributed by atoms with Crippen molar-refractivity contribution in [2.75, 3.05) is 0 Å². The number of nitrogens with two attached hydrogens (primary N) is 1. The second kappa shape index (κ2) is 7.44. The molecule has 2 aliphatic heterocycles. The van der Waals surface area contributed by atoms with Crippen LogP contribution in [0.2, 0.25) is 0 Å². The van der Waals surface area contributed by atoms with Crippen molar-refractivity contribution in [1.82, 2.24) is 10.2 Å². The topological polar surface area (TPSA) is 92.5 Å².